The number of aromatic nitrogens is 1. The summed E-state index contributed by atoms with van der Waals surface area (Å²) in [6, 6.07) is 6.64. The van der Waals surface area contributed by atoms with E-state index in [4.69, 9.17) is 4.74 Å². The molecule has 0 aliphatic carbocycles. The highest BCUT2D eigenvalue weighted by atomic mass is 16.5. The minimum atomic E-state index is -0.227. The van der Waals surface area contributed by atoms with Crippen LogP contribution in [0.4, 0.5) is 0 Å². The topological polar surface area (TPSA) is 51.5 Å². The van der Waals surface area contributed by atoms with E-state index < -0.39 is 0 Å². The molecule has 108 valence electrons. The van der Waals surface area contributed by atoms with E-state index in [2.05, 4.69) is 6.92 Å². The van der Waals surface area contributed by atoms with Crippen molar-refractivity contribution in [1.29, 1.82) is 0 Å². The van der Waals surface area contributed by atoms with Gasteiger partial charge in [0.25, 0.3) is 5.56 Å². The smallest absolute Gasteiger partial charge is 0.254 e. The van der Waals surface area contributed by atoms with Gasteiger partial charge in [0, 0.05) is 24.6 Å². The first kappa shape index (κ1) is 14.4. The van der Waals surface area contributed by atoms with Crippen LogP contribution in [0.3, 0.4) is 0 Å². The summed E-state index contributed by atoms with van der Waals surface area (Å²) >= 11 is 0. The van der Waals surface area contributed by atoms with Crippen LogP contribution in [0.2, 0.25) is 0 Å². The number of hydrogen-bond acceptors (Lipinski definition) is 3. The Morgan fingerprint density at radius 2 is 2.00 bits per heavy atom. The summed E-state index contributed by atoms with van der Waals surface area (Å²) < 4.78 is 7.21. The van der Waals surface area contributed by atoms with Crippen LogP contribution in [0.25, 0.3) is 10.9 Å². The van der Waals surface area contributed by atoms with Crippen LogP contribution in [0.5, 0.6) is 11.5 Å². The second-order valence-corrected chi connectivity index (χ2v) is 5.01. The first-order valence-corrected chi connectivity index (χ1v) is 7.09. The molecule has 4 nitrogen and oxygen atoms in total. The Hall–Kier alpha value is -1.97. The number of aryl methyl sites for hydroxylation is 1. The molecule has 2 aromatic rings. The van der Waals surface area contributed by atoms with E-state index in [1.54, 1.807) is 19.2 Å². The standard InChI is InChI=1S/C16H21NO3/c1-3-4-5-6-9-20-12-7-8-13-14(10-12)17(2)16(19)11-15(13)18/h7-8,10-11,18H,3-6,9H2,1-2H3. The molecule has 0 aliphatic rings. The fourth-order valence-corrected chi connectivity index (χ4v) is 2.22. The third-order valence-electron chi connectivity index (χ3n) is 3.46. The van der Waals surface area contributed by atoms with Gasteiger partial charge in [-0.1, -0.05) is 26.2 Å². The quantitative estimate of drug-likeness (QED) is 0.824. The highest BCUT2D eigenvalue weighted by Gasteiger charge is 2.06. The summed E-state index contributed by atoms with van der Waals surface area (Å²) in [5.74, 6) is 0.743. The van der Waals surface area contributed by atoms with Crippen LogP contribution in [0.1, 0.15) is 32.6 Å². The van der Waals surface area contributed by atoms with Gasteiger partial charge >= 0.3 is 0 Å². The minimum absolute atomic E-state index is 0.0117. The molecule has 0 atom stereocenters. The van der Waals surface area contributed by atoms with Crippen molar-refractivity contribution in [3.8, 4) is 11.5 Å². The van der Waals surface area contributed by atoms with Gasteiger partial charge in [-0.05, 0) is 18.6 Å². The lowest BCUT2D eigenvalue weighted by Crippen LogP contribution is -2.15. The molecule has 0 unspecified atom stereocenters. The van der Waals surface area contributed by atoms with Gasteiger partial charge in [-0.25, -0.2) is 0 Å². The van der Waals surface area contributed by atoms with E-state index in [1.165, 1.54) is 29.9 Å². The van der Waals surface area contributed by atoms with E-state index in [0.29, 0.717) is 17.5 Å². The zero-order valence-corrected chi connectivity index (χ0v) is 12.1. The zero-order valence-electron chi connectivity index (χ0n) is 12.1. The van der Waals surface area contributed by atoms with Gasteiger partial charge in [0.1, 0.15) is 11.5 Å². The van der Waals surface area contributed by atoms with Crippen LogP contribution < -0.4 is 10.3 Å². The second kappa shape index (κ2) is 6.46. The molecule has 0 saturated carbocycles. The van der Waals surface area contributed by atoms with Crippen LogP contribution in [-0.2, 0) is 7.05 Å². The fourth-order valence-electron chi connectivity index (χ4n) is 2.22. The molecular formula is C16H21NO3. The molecule has 0 bridgehead atoms. The molecule has 0 saturated heterocycles. The molecule has 1 N–H and O–H groups in total. The predicted octanol–water partition coefficient (Wildman–Crippen LogP) is 3.20. The lowest BCUT2D eigenvalue weighted by molar-refractivity contribution is 0.305. The first-order chi connectivity index (χ1) is 9.63. The Kier molecular flexibility index (Phi) is 4.66. The van der Waals surface area contributed by atoms with Gasteiger partial charge < -0.3 is 14.4 Å². The maximum absolute atomic E-state index is 11.7. The number of pyridine rings is 1. The highest BCUT2D eigenvalue weighted by Crippen LogP contribution is 2.26. The number of benzene rings is 1. The van der Waals surface area contributed by atoms with Crippen LogP contribution in [0.15, 0.2) is 29.1 Å². The molecule has 0 radical (unpaired) electrons. The van der Waals surface area contributed by atoms with E-state index in [-0.39, 0.29) is 11.3 Å². The van der Waals surface area contributed by atoms with Crippen molar-refractivity contribution in [1.82, 2.24) is 4.57 Å². The number of aromatic hydroxyl groups is 1. The molecule has 2 rings (SSSR count). The van der Waals surface area contributed by atoms with Gasteiger partial charge in [0.05, 0.1) is 12.1 Å². The Labute approximate surface area is 118 Å². The third kappa shape index (κ3) is 3.13. The molecule has 0 fully saturated rings. The Morgan fingerprint density at radius 3 is 2.75 bits per heavy atom. The molecule has 0 aliphatic heterocycles. The van der Waals surface area contributed by atoms with Crippen molar-refractivity contribution >= 4 is 10.9 Å². The maximum atomic E-state index is 11.7. The molecule has 1 aromatic heterocycles. The predicted molar refractivity (Wildman–Crippen MR) is 80.5 cm³/mol. The largest absolute Gasteiger partial charge is 0.507 e. The normalized spacial score (nSPS) is 10.9. The lowest BCUT2D eigenvalue weighted by atomic mass is 10.2. The summed E-state index contributed by atoms with van der Waals surface area (Å²) in [6.07, 6.45) is 4.63. The average Bonchev–Trinajstić information content (AvgIpc) is 2.44. The Morgan fingerprint density at radius 1 is 1.20 bits per heavy atom. The second-order valence-electron chi connectivity index (χ2n) is 5.01. The van der Waals surface area contributed by atoms with Gasteiger partial charge in [0.15, 0.2) is 0 Å². The zero-order chi connectivity index (χ0) is 14.5. The lowest BCUT2D eigenvalue weighted by Gasteiger charge is -2.10. The monoisotopic (exact) mass is 275 g/mol. The fraction of sp³-hybridized carbons (Fsp3) is 0.438. The van der Waals surface area contributed by atoms with Crippen LogP contribution >= 0.6 is 0 Å². The van der Waals surface area contributed by atoms with Crippen LogP contribution in [-0.4, -0.2) is 16.3 Å². The Balaban J connectivity index is 2.17. The molecule has 4 heteroatoms. The molecule has 1 heterocycles. The molecule has 1 aromatic carbocycles. The van der Waals surface area contributed by atoms with Crippen molar-refractivity contribution in [3.05, 3.63) is 34.6 Å². The van der Waals surface area contributed by atoms with E-state index in [9.17, 15) is 9.90 Å². The molecule has 0 spiro atoms. The summed E-state index contributed by atoms with van der Waals surface area (Å²) in [7, 11) is 1.69. The van der Waals surface area contributed by atoms with E-state index in [0.717, 1.165) is 12.2 Å². The minimum Gasteiger partial charge on any atom is -0.507 e. The van der Waals surface area contributed by atoms with Crippen LogP contribution in [0, 0.1) is 0 Å². The van der Waals surface area contributed by atoms with E-state index >= 15 is 0 Å². The number of hydrogen-bond donors (Lipinski definition) is 1. The van der Waals surface area contributed by atoms with Gasteiger partial charge in [-0.15, -0.1) is 0 Å². The van der Waals surface area contributed by atoms with Crippen molar-refractivity contribution < 1.29 is 9.84 Å². The Bertz CT molecular complexity index is 646. The summed E-state index contributed by atoms with van der Waals surface area (Å²) in [5.41, 5.74) is 0.455. The van der Waals surface area contributed by atoms with Gasteiger partial charge in [-0.3, -0.25) is 4.79 Å². The van der Waals surface area contributed by atoms with Crippen molar-refractivity contribution in [2.45, 2.75) is 32.6 Å². The van der Waals surface area contributed by atoms with Crippen molar-refractivity contribution in [3.63, 3.8) is 0 Å². The average molecular weight is 275 g/mol. The molecule has 20 heavy (non-hydrogen) atoms. The number of rotatable bonds is 6. The first-order valence-electron chi connectivity index (χ1n) is 7.09. The summed E-state index contributed by atoms with van der Waals surface area (Å²) in [5, 5.41) is 10.4. The maximum Gasteiger partial charge on any atom is 0.254 e. The van der Waals surface area contributed by atoms with Crippen molar-refractivity contribution in [2.75, 3.05) is 6.61 Å². The summed E-state index contributed by atoms with van der Waals surface area (Å²) in [6.45, 7) is 2.86. The summed E-state index contributed by atoms with van der Waals surface area (Å²) in [4.78, 5) is 11.7. The van der Waals surface area contributed by atoms with Crippen molar-refractivity contribution in [2.24, 2.45) is 7.05 Å². The SMILES string of the molecule is CCCCCCOc1ccc2c(O)cc(=O)n(C)c2c1. The molecule has 0 amide bonds. The number of unbranched alkanes of at least 4 members (excludes halogenated alkanes) is 3. The van der Waals surface area contributed by atoms with Gasteiger partial charge in [0.2, 0.25) is 0 Å². The number of ether oxygens (including phenoxy) is 1. The van der Waals surface area contributed by atoms with E-state index in [1.807, 2.05) is 6.07 Å². The third-order valence-corrected chi connectivity index (χ3v) is 3.46. The molecular weight excluding hydrogens is 254 g/mol. The highest BCUT2D eigenvalue weighted by molar-refractivity contribution is 5.86. The van der Waals surface area contributed by atoms with Gasteiger partial charge in [-0.2, -0.15) is 0 Å². The number of fused-ring (bicyclic) bond motifs is 1. The number of nitrogens with zero attached hydrogens (tertiary/aromatic N) is 1.